The van der Waals surface area contributed by atoms with Gasteiger partial charge in [0, 0.05) is 6.54 Å². The van der Waals surface area contributed by atoms with Crippen LogP contribution in [0.5, 0.6) is 11.5 Å². The Hall–Kier alpha value is -3.30. The first kappa shape index (κ1) is 20.4. The maximum absolute atomic E-state index is 12.3. The van der Waals surface area contributed by atoms with E-state index in [-0.39, 0.29) is 23.8 Å². The monoisotopic (exact) mass is 416 g/mol. The molecule has 152 valence electrons. The van der Waals surface area contributed by atoms with E-state index in [0.29, 0.717) is 17.3 Å². The van der Waals surface area contributed by atoms with Crippen LogP contribution < -0.4 is 19.9 Å². The molecular weight excluding hydrogens is 396 g/mol. The van der Waals surface area contributed by atoms with Crippen LogP contribution in [0.3, 0.4) is 0 Å². The van der Waals surface area contributed by atoms with Crippen LogP contribution in [-0.2, 0) is 23.2 Å². The summed E-state index contributed by atoms with van der Waals surface area (Å²) in [4.78, 5) is 12.3. The molecule has 2 aromatic carbocycles. The first-order valence-electron chi connectivity index (χ1n) is 8.61. The molecule has 29 heavy (non-hydrogen) atoms. The summed E-state index contributed by atoms with van der Waals surface area (Å²) < 4.78 is 38.9. The molecule has 0 fully saturated rings. The van der Waals surface area contributed by atoms with Crippen LogP contribution in [0.1, 0.15) is 21.9 Å². The summed E-state index contributed by atoms with van der Waals surface area (Å²) in [6, 6.07) is 16.4. The SMILES string of the molecule is COc1ccccc1OCc1ccc(C(=O)NCc2ccc(S(N)(=O)=O)cc2)o1. The lowest BCUT2D eigenvalue weighted by molar-refractivity contribution is 0.0919. The van der Waals surface area contributed by atoms with Gasteiger partial charge in [-0.15, -0.1) is 0 Å². The molecule has 1 heterocycles. The number of carbonyl (C=O) groups excluding carboxylic acids is 1. The third kappa shape index (κ3) is 5.37. The van der Waals surface area contributed by atoms with Gasteiger partial charge in [-0.25, -0.2) is 13.6 Å². The van der Waals surface area contributed by atoms with Gasteiger partial charge in [-0.1, -0.05) is 24.3 Å². The van der Waals surface area contributed by atoms with E-state index in [1.165, 1.54) is 12.1 Å². The number of nitrogens with one attached hydrogen (secondary N) is 1. The Balaban J connectivity index is 1.55. The number of primary sulfonamides is 1. The normalized spacial score (nSPS) is 11.1. The van der Waals surface area contributed by atoms with Crippen molar-refractivity contribution in [2.45, 2.75) is 18.0 Å². The smallest absolute Gasteiger partial charge is 0.287 e. The number of furan rings is 1. The number of hydrogen-bond donors (Lipinski definition) is 2. The Labute approximate surface area is 168 Å². The van der Waals surface area contributed by atoms with Crippen molar-refractivity contribution in [3.05, 3.63) is 77.7 Å². The van der Waals surface area contributed by atoms with Gasteiger partial charge in [0.25, 0.3) is 5.91 Å². The minimum absolute atomic E-state index is 0.0123. The van der Waals surface area contributed by atoms with E-state index in [4.69, 9.17) is 19.0 Å². The van der Waals surface area contributed by atoms with Gasteiger partial charge in [-0.2, -0.15) is 0 Å². The largest absolute Gasteiger partial charge is 0.493 e. The van der Waals surface area contributed by atoms with Crippen molar-refractivity contribution in [2.75, 3.05) is 7.11 Å². The number of sulfonamides is 1. The molecule has 3 N–H and O–H groups in total. The molecular formula is C20H20N2O6S. The lowest BCUT2D eigenvalue weighted by atomic mass is 10.2. The van der Waals surface area contributed by atoms with E-state index >= 15 is 0 Å². The predicted octanol–water partition coefficient (Wildman–Crippen LogP) is 2.44. The molecule has 3 rings (SSSR count). The van der Waals surface area contributed by atoms with Gasteiger partial charge in [0.2, 0.25) is 10.0 Å². The Morgan fingerprint density at radius 1 is 1.03 bits per heavy atom. The van der Waals surface area contributed by atoms with Gasteiger partial charge in [0.15, 0.2) is 17.3 Å². The summed E-state index contributed by atoms with van der Waals surface area (Å²) in [5.74, 6) is 1.40. The molecule has 0 spiro atoms. The van der Waals surface area contributed by atoms with Gasteiger partial charge < -0.3 is 19.2 Å². The number of nitrogens with two attached hydrogens (primary N) is 1. The van der Waals surface area contributed by atoms with Gasteiger partial charge in [0.1, 0.15) is 12.4 Å². The number of ether oxygens (including phenoxy) is 2. The topological polar surface area (TPSA) is 121 Å². The van der Waals surface area contributed by atoms with Gasteiger partial charge in [-0.05, 0) is 42.0 Å². The summed E-state index contributed by atoms with van der Waals surface area (Å²) in [6.07, 6.45) is 0. The molecule has 0 bridgehead atoms. The Bertz CT molecular complexity index is 1090. The fourth-order valence-corrected chi connectivity index (χ4v) is 3.05. The fourth-order valence-electron chi connectivity index (χ4n) is 2.53. The molecule has 0 saturated carbocycles. The number of rotatable bonds is 8. The van der Waals surface area contributed by atoms with E-state index in [1.54, 1.807) is 43.5 Å². The average Bonchev–Trinajstić information content (AvgIpc) is 3.19. The number of para-hydroxylation sites is 2. The second-order valence-corrected chi connectivity index (χ2v) is 7.64. The zero-order valence-corrected chi connectivity index (χ0v) is 16.4. The van der Waals surface area contributed by atoms with E-state index in [2.05, 4.69) is 5.32 Å². The third-order valence-electron chi connectivity index (χ3n) is 4.03. The van der Waals surface area contributed by atoms with Crippen molar-refractivity contribution < 1.29 is 27.1 Å². The van der Waals surface area contributed by atoms with E-state index in [1.807, 2.05) is 12.1 Å². The number of amides is 1. The maximum Gasteiger partial charge on any atom is 0.287 e. The van der Waals surface area contributed by atoms with Crippen LogP contribution in [0.25, 0.3) is 0 Å². The highest BCUT2D eigenvalue weighted by Gasteiger charge is 2.13. The lowest BCUT2D eigenvalue weighted by Crippen LogP contribution is -2.22. The Morgan fingerprint density at radius 3 is 2.38 bits per heavy atom. The zero-order chi connectivity index (χ0) is 20.9. The standard InChI is InChI=1S/C20H20N2O6S/c1-26-17-4-2-3-5-18(17)27-13-15-8-11-19(28-15)20(23)22-12-14-6-9-16(10-7-14)29(21,24)25/h2-11H,12-13H2,1H3,(H,22,23)(H2,21,24,25). The second-order valence-electron chi connectivity index (χ2n) is 6.08. The highest BCUT2D eigenvalue weighted by molar-refractivity contribution is 7.89. The van der Waals surface area contributed by atoms with Crippen molar-refractivity contribution in [3.8, 4) is 11.5 Å². The second kappa shape index (κ2) is 8.80. The molecule has 0 saturated heterocycles. The van der Waals surface area contributed by atoms with Crippen LogP contribution in [0.4, 0.5) is 0 Å². The average molecular weight is 416 g/mol. The number of methoxy groups -OCH3 is 1. The van der Waals surface area contributed by atoms with Crippen molar-refractivity contribution in [3.63, 3.8) is 0 Å². The van der Waals surface area contributed by atoms with E-state index in [9.17, 15) is 13.2 Å². The zero-order valence-electron chi connectivity index (χ0n) is 15.6. The highest BCUT2D eigenvalue weighted by atomic mass is 32.2. The van der Waals surface area contributed by atoms with Crippen LogP contribution in [0.15, 0.2) is 70.0 Å². The van der Waals surface area contributed by atoms with Crippen LogP contribution in [-0.4, -0.2) is 21.4 Å². The van der Waals surface area contributed by atoms with E-state index < -0.39 is 15.9 Å². The molecule has 1 aromatic heterocycles. The summed E-state index contributed by atoms with van der Waals surface area (Å²) in [5, 5.41) is 7.76. The minimum atomic E-state index is -3.74. The van der Waals surface area contributed by atoms with Crippen molar-refractivity contribution in [1.82, 2.24) is 5.32 Å². The number of benzene rings is 2. The molecule has 3 aromatic rings. The highest BCUT2D eigenvalue weighted by Crippen LogP contribution is 2.26. The Kier molecular flexibility index (Phi) is 6.20. The third-order valence-corrected chi connectivity index (χ3v) is 4.96. The first-order chi connectivity index (χ1) is 13.9. The molecule has 0 aliphatic carbocycles. The van der Waals surface area contributed by atoms with Gasteiger partial charge in [0.05, 0.1) is 12.0 Å². The van der Waals surface area contributed by atoms with Gasteiger partial charge >= 0.3 is 0 Å². The molecule has 1 amide bonds. The molecule has 9 heteroatoms. The minimum Gasteiger partial charge on any atom is -0.493 e. The number of carbonyl (C=O) groups is 1. The molecule has 0 aliphatic heterocycles. The summed E-state index contributed by atoms with van der Waals surface area (Å²) >= 11 is 0. The first-order valence-corrected chi connectivity index (χ1v) is 10.2. The maximum atomic E-state index is 12.3. The molecule has 0 aliphatic rings. The number of hydrogen-bond acceptors (Lipinski definition) is 6. The summed E-state index contributed by atoms with van der Waals surface area (Å²) in [7, 11) is -2.19. The molecule has 0 atom stereocenters. The van der Waals surface area contributed by atoms with Crippen LogP contribution >= 0.6 is 0 Å². The summed E-state index contributed by atoms with van der Waals surface area (Å²) in [6.45, 7) is 0.347. The fraction of sp³-hybridized carbons (Fsp3) is 0.150. The molecule has 8 nitrogen and oxygen atoms in total. The Morgan fingerprint density at radius 2 is 1.72 bits per heavy atom. The van der Waals surface area contributed by atoms with Gasteiger partial charge in [-0.3, -0.25) is 4.79 Å². The van der Waals surface area contributed by atoms with E-state index in [0.717, 1.165) is 5.56 Å². The summed E-state index contributed by atoms with van der Waals surface area (Å²) in [5.41, 5.74) is 0.719. The predicted molar refractivity (Wildman–Crippen MR) is 105 cm³/mol. The van der Waals surface area contributed by atoms with Crippen LogP contribution in [0, 0.1) is 0 Å². The lowest BCUT2D eigenvalue weighted by Gasteiger charge is -2.08. The molecule has 0 unspecified atom stereocenters. The van der Waals surface area contributed by atoms with Crippen molar-refractivity contribution >= 4 is 15.9 Å². The quantitative estimate of drug-likeness (QED) is 0.582. The molecule has 0 radical (unpaired) electrons. The van der Waals surface area contributed by atoms with Crippen LogP contribution in [0.2, 0.25) is 0 Å². The van der Waals surface area contributed by atoms with Crippen molar-refractivity contribution in [1.29, 1.82) is 0 Å². The van der Waals surface area contributed by atoms with Crippen molar-refractivity contribution in [2.24, 2.45) is 5.14 Å².